The predicted molar refractivity (Wildman–Crippen MR) is 123 cm³/mol. The molecular formula is C25H28F6N4O2. The smallest absolute Gasteiger partial charge is 0.420 e. The first-order valence-electron chi connectivity index (χ1n) is 12.4. The van der Waals surface area contributed by atoms with Crippen LogP contribution in [0, 0.1) is 23.6 Å². The molecular weight excluding hydrogens is 502 g/mol. The highest BCUT2D eigenvalue weighted by molar-refractivity contribution is 5.64. The van der Waals surface area contributed by atoms with Crippen molar-refractivity contribution >= 4 is 5.82 Å². The highest BCUT2D eigenvalue weighted by Gasteiger charge is 2.43. The number of benzene rings is 1. The molecule has 0 spiro atoms. The Morgan fingerprint density at radius 1 is 1.05 bits per heavy atom. The molecule has 37 heavy (non-hydrogen) atoms. The topological polar surface area (TPSA) is 59.5 Å². The van der Waals surface area contributed by atoms with Crippen molar-refractivity contribution in [1.82, 2.24) is 15.1 Å². The van der Waals surface area contributed by atoms with Crippen LogP contribution in [0.3, 0.4) is 0 Å². The maximum atomic E-state index is 14.5. The number of anilines is 1. The summed E-state index contributed by atoms with van der Waals surface area (Å²) < 4.78 is 90.5. The number of nitrogens with one attached hydrogen (secondary N) is 1. The Morgan fingerprint density at radius 3 is 2.38 bits per heavy atom. The van der Waals surface area contributed by atoms with Crippen molar-refractivity contribution in [3.63, 3.8) is 0 Å². The Kier molecular flexibility index (Phi) is 7.49. The number of halogens is 6. The van der Waals surface area contributed by atoms with Crippen molar-refractivity contribution in [3.8, 4) is 17.0 Å². The molecule has 2 aromatic rings. The van der Waals surface area contributed by atoms with E-state index < -0.39 is 35.7 Å². The van der Waals surface area contributed by atoms with Gasteiger partial charge in [0.2, 0.25) is 0 Å². The van der Waals surface area contributed by atoms with Crippen LogP contribution >= 0.6 is 0 Å². The number of nitrogens with zero attached hydrogens (tertiary/aromatic N) is 3. The molecule has 0 unspecified atom stereocenters. The van der Waals surface area contributed by atoms with Gasteiger partial charge in [-0.3, -0.25) is 0 Å². The van der Waals surface area contributed by atoms with Gasteiger partial charge in [0.15, 0.2) is 5.82 Å². The van der Waals surface area contributed by atoms with E-state index in [1.165, 1.54) is 0 Å². The Balaban J connectivity index is 1.26. The van der Waals surface area contributed by atoms with Gasteiger partial charge in [-0.2, -0.15) is 22.0 Å². The van der Waals surface area contributed by atoms with Crippen molar-refractivity contribution in [2.75, 3.05) is 38.2 Å². The summed E-state index contributed by atoms with van der Waals surface area (Å²) in [6.07, 6.45) is -1.12. The van der Waals surface area contributed by atoms with Crippen molar-refractivity contribution in [2.24, 2.45) is 17.8 Å². The van der Waals surface area contributed by atoms with Gasteiger partial charge in [0.1, 0.15) is 17.1 Å². The Bertz CT molecular complexity index is 1080. The molecule has 3 heterocycles. The fraction of sp³-hybridized carbons (Fsp3) is 0.600. The molecule has 12 heteroatoms. The molecule has 3 aliphatic rings. The summed E-state index contributed by atoms with van der Waals surface area (Å²) in [5.74, 6) is -0.406. The molecule has 5 rings (SSSR count). The summed E-state index contributed by atoms with van der Waals surface area (Å²) in [7, 11) is 0. The number of hydrogen-bond donors (Lipinski definition) is 1. The molecule has 202 valence electrons. The van der Waals surface area contributed by atoms with Gasteiger partial charge in [-0.25, -0.2) is 4.39 Å². The standard InChI is InChI=1S/C25H28F6N4O2/c26-21-9-18(37-24(27)28)1-2-19(21)22-10-20(25(29,30)31)23(34-33-22)32-17-7-15-12-35(13-16(15)8-17)11-14-3-5-36-6-4-14/h1-2,9-10,14-17,24H,3-8,11-13H2,(H,32,34)/t15-,16-/m1/s1. The fourth-order valence-electron chi connectivity index (χ4n) is 5.88. The van der Waals surface area contributed by atoms with Gasteiger partial charge in [-0.1, -0.05) is 0 Å². The van der Waals surface area contributed by atoms with Crippen molar-refractivity contribution in [1.29, 1.82) is 0 Å². The third-order valence-corrected chi connectivity index (χ3v) is 7.57. The second kappa shape index (κ2) is 10.6. The quantitative estimate of drug-likeness (QED) is 0.481. The predicted octanol–water partition coefficient (Wildman–Crippen LogP) is 5.45. The number of rotatable bonds is 7. The number of ether oxygens (including phenoxy) is 2. The minimum absolute atomic E-state index is 0.163. The van der Waals surface area contributed by atoms with Gasteiger partial charge >= 0.3 is 12.8 Å². The summed E-state index contributed by atoms with van der Waals surface area (Å²) in [6, 6.07) is 3.31. The van der Waals surface area contributed by atoms with Crippen LogP contribution in [-0.4, -0.2) is 60.6 Å². The summed E-state index contributed by atoms with van der Waals surface area (Å²) in [6.45, 7) is 1.40. The molecule has 0 radical (unpaired) electrons. The Hall–Kier alpha value is -2.60. The molecule has 0 bridgehead atoms. The Morgan fingerprint density at radius 2 is 1.76 bits per heavy atom. The molecule has 1 N–H and O–H groups in total. The third kappa shape index (κ3) is 6.11. The van der Waals surface area contributed by atoms with Crippen LogP contribution in [0.15, 0.2) is 24.3 Å². The minimum atomic E-state index is -4.75. The zero-order chi connectivity index (χ0) is 26.2. The van der Waals surface area contributed by atoms with Gasteiger partial charge in [0.05, 0.1) is 5.69 Å². The molecule has 2 saturated heterocycles. The van der Waals surface area contributed by atoms with E-state index in [1.54, 1.807) is 0 Å². The first-order valence-corrected chi connectivity index (χ1v) is 12.4. The van der Waals surface area contributed by atoms with Gasteiger partial charge in [0.25, 0.3) is 0 Å². The van der Waals surface area contributed by atoms with E-state index in [1.807, 2.05) is 0 Å². The van der Waals surface area contributed by atoms with E-state index in [0.717, 1.165) is 76.7 Å². The average Bonchev–Trinajstić information content (AvgIpc) is 3.37. The maximum absolute atomic E-state index is 14.5. The van der Waals surface area contributed by atoms with Crippen LogP contribution in [0.1, 0.15) is 31.2 Å². The van der Waals surface area contributed by atoms with Crippen LogP contribution in [0.4, 0.5) is 32.2 Å². The monoisotopic (exact) mass is 530 g/mol. The highest BCUT2D eigenvalue weighted by atomic mass is 19.4. The van der Waals surface area contributed by atoms with Crippen molar-refractivity contribution in [2.45, 2.75) is 44.5 Å². The number of likely N-dealkylation sites (tertiary alicyclic amines) is 1. The molecule has 1 aromatic heterocycles. The lowest BCUT2D eigenvalue weighted by Crippen LogP contribution is -2.32. The van der Waals surface area contributed by atoms with E-state index in [-0.39, 0.29) is 17.3 Å². The second-order valence-corrected chi connectivity index (χ2v) is 10.1. The molecule has 6 nitrogen and oxygen atoms in total. The summed E-state index contributed by atoms with van der Waals surface area (Å²) >= 11 is 0. The number of alkyl halides is 5. The van der Waals surface area contributed by atoms with Crippen molar-refractivity contribution < 1.29 is 35.8 Å². The van der Waals surface area contributed by atoms with Gasteiger partial charge in [-0.05, 0) is 61.6 Å². The maximum Gasteiger partial charge on any atom is 0.420 e. The Labute approximate surface area is 210 Å². The number of aromatic nitrogens is 2. The SMILES string of the molecule is Fc1cc(OC(F)F)ccc1-c1cc(C(F)(F)F)c(NC2C[C@@H]3CN(CC4CCOCC4)C[C@H]3C2)nn1. The molecule has 1 aromatic carbocycles. The third-order valence-electron chi connectivity index (χ3n) is 7.57. The highest BCUT2D eigenvalue weighted by Crippen LogP contribution is 2.42. The van der Waals surface area contributed by atoms with Gasteiger partial charge in [0, 0.05) is 50.5 Å². The largest absolute Gasteiger partial charge is 0.435 e. The minimum Gasteiger partial charge on any atom is -0.435 e. The first kappa shape index (κ1) is 26.0. The summed E-state index contributed by atoms with van der Waals surface area (Å²) in [5, 5.41) is 10.5. The normalized spacial score (nSPS) is 23.5. The zero-order valence-electron chi connectivity index (χ0n) is 20.0. The fourth-order valence-corrected chi connectivity index (χ4v) is 5.88. The lowest BCUT2D eigenvalue weighted by Gasteiger charge is -2.28. The van der Waals surface area contributed by atoms with E-state index in [4.69, 9.17) is 4.74 Å². The molecule has 2 atom stereocenters. The first-order chi connectivity index (χ1) is 17.7. The van der Waals surface area contributed by atoms with E-state index in [2.05, 4.69) is 25.2 Å². The molecule has 2 aliphatic heterocycles. The van der Waals surface area contributed by atoms with Crippen LogP contribution in [-0.2, 0) is 10.9 Å². The van der Waals surface area contributed by atoms with Crippen LogP contribution < -0.4 is 10.1 Å². The molecule has 1 saturated carbocycles. The van der Waals surface area contributed by atoms with E-state index in [0.29, 0.717) is 23.8 Å². The zero-order valence-corrected chi connectivity index (χ0v) is 20.0. The molecule has 1 aliphatic carbocycles. The van der Waals surface area contributed by atoms with Crippen LogP contribution in [0.2, 0.25) is 0 Å². The van der Waals surface area contributed by atoms with E-state index in [9.17, 15) is 26.3 Å². The second-order valence-electron chi connectivity index (χ2n) is 10.1. The lowest BCUT2D eigenvalue weighted by molar-refractivity contribution is -0.137. The molecule has 0 amide bonds. The summed E-state index contributed by atoms with van der Waals surface area (Å²) in [5.41, 5.74) is -1.71. The van der Waals surface area contributed by atoms with Gasteiger partial charge < -0.3 is 19.7 Å². The van der Waals surface area contributed by atoms with Crippen LogP contribution in [0.25, 0.3) is 11.3 Å². The van der Waals surface area contributed by atoms with E-state index >= 15 is 0 Å². The van der Waals surface area contributed by atoms with Crippen LogP contribution in [0.5, 0.6) is 5.75 Å². The summed E-state index contributed by atoms with van der Waals surface area (Å²) in [4.78, 5) is 2.48. The van der Waals surface area contributed by atoms with Crippen molar-refractivity contribution in [3.05, 3.63) is 35.6 Å². The number of hydrogen-bond acceptors (Lipinski definition) is 6. The van der Waals surface area contributed by atoms with Gasteiger partial charge in [-0.15, -0.1) is 10.2 Å². The average molecular weight is 531 g/mol. The number of fused-ring (bicyclic) bond motifs is 1. The molecule has 3 fully saturated rings. The lowest BCUT2D eigenvalue weighted by atomic mass is 10.00.